The highest BCUT2D eigenvalue weighted by molar-refractivity contribution is 6.05. The first-order valence-corrected chi connectivity index (χ1v) is 10.3. The van der Waals surface area contributed by atoms with E-state index in [2.05, 4.69) is 22.0 Å². The van der Waals surface area contributed by atoms with Crippen LogP contribution in [0.25, 0.3) is 0 Å². The third-order valence-electron chi connectivity index (χ3n) is 6.11. The predicted octanol–water partition coefficient (Wildman–Crippen LogP) is 0.927. The number of benzene rings is 1. The highest BCUT2D eigenvalue weighted by Crippen LogP contribution is 2.28. The highest BCUT2D eigenvalue weighted by Gasteiger charge is 2.39. The van der Waals surface area contributed by atoms with E-state index in [1.165, 1.54) is 19.3 Å². The maximum atomic E-state index is 12.8. The molecule has 0 saturated carbocycles. The molecule has 0 aliphatic carbocycles. The Bertz CT molecular complexity index is 773. The van der Waals surface area contributed by atoms with Crippen LogP contribution >= 0.6 is 0 Å². The van der Waals surface area contributed by atoms with Crippen molar-refractivity contribution < 1.29 is 14.4 Å². The topological polar surface area (TPSA) is 90.5 Å². The zero-order valence-electron chi connectivity index (χ0n) is 16.1. The van der Waals surface area contributed by atoms with Crippen LogP contribution in [-0.2, 0) is 22.7 Å². The standard InChI is InChI=1S/C21H28N4O3/c26-19-4-3-18(20(27)24-19)25-13-16-2-1-15(11-17(16)21(25)28)12-23-10-7-14-5-8-22-9-6-14/h1-2,11,14,18,22-23H,3-10,12-13H2,(H,24,26,27). The van der Waals surface area contributed by atoms with Gasteiger partial charge in [0.05, 0.1) is 0 Å². The molecule has 3 amide bonds. The van der Waals surface area contributed by atoms with Crippen molar-refractivity contribution in [2.24, 2.45) is 5.92 Å². The summed E-state index contributed by atoms with van der Waals surface area (Å²) < 4.78 is 0. The summed E-state index contributed by atoms with van der Waals surface area (Å²) in [5.41, 5.74) is 2.72. The van der Waals surface area contributed by atoms with E-state index in [1.54, 1.807) is 4.90 Å². The Hall–Kier alpha value is -2.25. The Morgan fingerprint density at radius 2 is 1.93 bits per heavy atom. The summed E-state index contributed by atoms with van der Waals surface area (Å²) >= 11 is 0. The number of carbonyl (C=O) groups is 3. The van der Waals surface area contributed by atoms with E-state index in [0.717, 1.165) is 43.2 Å². The molecule has 150 valence electrons. The summed E-state index contributed by atoms with van der Waals surface area (Å²) in [4.78, 5) is 37.9. The van der Waals surface area contributed by atoms with E-state index < -0.39 is 6.04 Å². The number of nitrogens with one attached hydrogen (secondary N) is 3. The lowest BCUT2D eigenvalue weighted by atomic mass is 9.95. The normalized spacial score (nSPS) is 23.1. The van der Waals surface area contributed by atoms with Crippen LogP contribution in [0, 0.1) is 5.92 Å². The lowest BCUT2D eigenvalue weighted by Crippen LogP contribution is -2.52. The molecule has 3 heterocycles. The van der Waals surface area contributed by atoms with Gasteiger partial charge in [0, 0.05) is 25.1 Å². The molecule has 0 aromatic heterocycles. The average molecular weight is 384 g/mol. The lowest BCUT2D eigenvalue weighted by Gasteiger charge is -2.29. The number of hydrogen-bond acceptors (Lipinski definition) is 5. The van der Waals surface area contributed by atoms with Crippen molar-refractivity contribution >= 4 is 17.7 Å². The van der Waals surface area contributed by atoms with E-state index in [1.807, 2.05) is 12.1 Å². The summed E-state index contributed by atoms with van der Waals surface area (Å²) in [6.07, 6.45) is 4.38. The molecule has 0 spiro atoms. The molecule has 1 aromatic rings. The molecule has 3 aliphatic heterocycles. The molecule has 2 saturated heterocycles. The molecule has 1 atom stereocenters. The van der Waals surface area contributed by atoms with Crippen LogP contribution in [-0.4, -0.2) is 48.3 Å². The third kappa shape index (κ3) is 4.10. The Labute approximate surface area is 165 Å². The Kier molecular flexibility index (Phi) is 5.73. The zero-order valence-corrected chi connectivity index (χ0v) is 16.1. The number of imide groups is 1. The number of carbonyl (C=O) groups excluding carboxylic acids is 3. The maximum Gasteiger partial charge on any atom is 0.255 e. The van der Waals surface area contributed by atoms with Gasteiger partial charge in [-0.2, -0.15) is 0 Å². The molecular weight excluding hydrogens is 356 g/mol. The SMILES string of the molecule is O=C1CCC(N2Cc3ccc(CNCCC4CCNCC4)cc3C2=O)C(=O)N1. The highest BCUT2D eigenvalue weighted by atomic mass is 16.2. The largest absolute Gasteiger partial charge is 0.322 e. The number of nitrogens with zero attached hydrogens (tertiary/aromatic N) is 1. The molecule has 7 heteroatoms. The van der Waals surface area contributed by atoms with Crippen LogP contribution in [0.2, 0.25) is 0 Å². The van der Waals surface area contributed by atoms with Crippen molar-refractivity contribution in [2.45, 2.75) is 51.2 Å². The molecule has 28 heavy (non-hydrogen) atoms. The first-order valence-electron chi connectivity index (χ1n) is 10.3. The van der Waals surface area contributed by atoms with Crippen LogP contribution in [0.3, 0.4) is 0 Å². The van der Waals surface area contributed by atoms with Gasteiger partial charge in [-0.1, -0.05) is 12.1 Å². The summed E-state index contributed by atoms with van der Waals surface area (Å²) in [5.74, 6) is 0.0685. The molecule has 7 nitrogen and oxygen atoms in total. The van der Waals surface area contributed by atoms with Crippen molar-refractivity contribution in [2.75, 3.05) is 19.6 Å². The van der Waals surface area contributed by atoms with Crippen LogP contribution in [0.1, 0.15) is 53.6 Å². The lowest BCUT2D eigenvalue weighted by molar-refractivity contribution is -0.136. The predicted molar refractivity (Wildman–Crippen MR) is 104 cm³/mol. The third-order valence-corrected chi connectivity index (χ3v) is 6.11. The monoisotopic (exact) mass is 384 g/mol. The van der Waals surface area contributed by atoms with Crippen LogP contribution in [0.5, 0.6) is 0 Å². The van der Waals surface area contributed by atoms with Crippen molar-refractivity contribution in [3.05, 3.63) is 34.9 Å². The van der Waals surface area contributed by atoms with Gasteiger partial charge in [0.2, 0.25) is 11.8 Å². The fourth-order valence-corrected chi connectivity index (χ4v) is 4.42. The van der Waals surface area contributed by atoms with Crippen LogP contribution in [0.15, 0.2) is 18.2 Å². The Balaban J connectivity index is 1.32. The minimum Gasteiger partial charge on any atom is -0.322 e. The van der Waals surface area contributed by atoms with E-state index >= 15 is 0 Å². The fourth-order valence-electron chi connectivity index (χ4n) is 4.42. The van der Waals surface area contributed by atoms with Crippen molar-refractivity contribution in [3.8, 4) is 0 Å². The molecule has 1 aromatic carbocycles. The molecule has 2 fully saturated rings. The molecule has 0 radical (unpaired) electrons. The first kappa shape index (κ1) is 19.1. The number of fused-ring (bicyclic) bond motifs is 1. The second-order valence-corrected chi connectivity index (χ2v) is 8.05. The van der Waals surface area contributed by atoms with Gasteiger partial charge in [-0.15, -0.1) is 0 Å². The average Bonchev–Trinajstić information content (AvgIpc) is 3.02. The minimum absolute atomic E-state index is 0.110. The van der Waals surface area contributed by atoms with Gasteiger partial charge in [0.15, 0.2) is 0 Å². The summed E-state index contributed by atoms with van der Waals surface area (Å²) in [6.45, 7) is 4.41. The first-order chi connectivity index (χ1) is 13.6. The molecule has 4 rings (SSSR count). The summed E-state index contributed by atoms with van der Waals surface area (Å²) in [6, 6.07) is 5.44. The van der Waals surface area contributed by atoms with Gasteiger partial charge in [-0.25, -0.2) is 0 Å². The second kappa shape index (κ2) is 8.41. The smallest absolute Gasteiger partial charge is 0.255 e. The molecular formula is C21H28N4O3. The van der Waals surface area contributed by atoms with Crippen LogP contribution < -0.4 is 16.0 Å². The van der Waals surface area contributed by atoms with E-state index in [4.69, 9.17) is 0 Å². The van der Waals surface area contributed by atoms with E-state index in [9.17, 15) is 14.4 Å². The number of amides is 3. The quantitative estimate of drug-likeness (QED) is 0.501. The fraction of sp³-hybridized carbons (Fsp3) is 0.571. The molecule has 0 bridgehead atoms. The minimum atomic E-state index is -0.552. The zero-order chi connectivity index (χ0) is 19.5. The molecule has 3 N–H and O–H groups in total. The van der Waals surface area contributed by atoms with E-state index in [0.29, 0.717) is 18.5 Å². The Morgan fingerprint density at radius 3 is 2.71 bits per heavy atom. The van der Waals surface area contributed by atoms with Gasteiger partial charge in [0.25, 0.3) is 5.91 Å². The van der Waals surface area contributed by atoms with Gasteiger partial charge in [0.1, 0.15) is 6.04 Å². The van der Waals surface area contributed by atoms with Crippen molar-refractivity contribution in [1.29, 1.82) is 0 Å². The Morgan fingerprint density at radius 1 is 1.11 bits per heavy atom. The molecule has 1 unspecified atom stereocenters. The van der Waals surface area contributed by atoms with Gasteiger partial charge < -0.3 is 15.5 Å². The summed E-state index contributed by atoms with van der Waals surface area (Å²) in [7, 11) is 0. The van der Waals surface area contributed by atoms with Crippen molar-refractivity contribution in [3.63, 3.8) is 0 Å². The number of hydrogen-bond donors (Lipinski definition) is 3. The maximum absolute atomic E-state index is 12.8. The second-order valence-electron chi connectivity index (χ2n) is 8.05. The van der Waals surface area contributed by atoms with Gasteiger partial charge in [-0.3, -0.25) is 19.7 Å². The molecule has 3 aliphatic rings. The van der Waals surface area contributed by atoms with Crippen molar-refractivity contribution in [1.82, 2.24) is 20.9 Å². The number of piperidine rings is 2. The van der Waals surface area contributed by atoms with Gasteiger partial charge in [-0.05, 0) is 68.4 Å². The number of rotatable bonds is 6. The van der Waals surface area contributed by atoms with E-state index in [-0.39, 0.29) is 24.1 Å². The van der Waals surface area contributed by atoms with Crippen LogP contribution in [0.4, 0.5) is 0 Å². The van der Waals surface area contributed by atoms with Gasteiger partial charge >= 0.3 is 0 Å². The summed E-state index contributed by atoms with van der Waals surface area (Å²) in [5, 5.41) is 9.23.